The third kappa shape index (κ3) is 3.82. The van der Waals surface area contributed by atoms with Crippen LogP contribution in [0.1, 0.15) is 15.9 Å². The summed E-state index contributed by atoms with van der Waals surface area (Å²) in [5.41, 5.74) is 1.33. The fraction of sp³-hybridized carbons (Fsp3) is 0.120. The average Bonchev–Trinajstić information content (AvgIpc) is 2.78. The highest BCUT2D eigenvalue weighted by molar-refractivity contribution is 6.03. The second-order valence-corrected chi connectivity index (χ2v) is 7.10. The van der Waals surface area contributed by atoms with Crippen molar-refractivity contribution in [3.63, 3.8) is 0 Å². The van der Waals surface area contributed by atoms with E-state index in [1.54, 1.807) is 0 Å². The minimum Gasteiger partial charge on any atom is -0.508 e. The largest absolute Gasteiger partial charge is 0.508 e. The van der Waals surface area contributed by atoms with Crippen LogP contribution >= 0.6 is 0 Å². The maximum atomic E-state index is 12.7. The van der Waals surface area contributed by atoms with E-state index in [9.17, 15) is 14.7 Å². The van der Waals surface area contributed by atoms with Crippen LogP contribution in [0.25, 0.3) is 21.5 Å². The van der Waals surface area contributed by atoms with Crippen LogP contribution in [-0.4, -0.2) is 30.1 Å². The van der Waals surface area contributed by atoms with Crippen molar-refractivity contribution in [2.45, 2.75) is 12.5 Å². The second kappa shape index (κ2) is 8.25. The number of hydrogen-bond donors (Lipinski definition) is 2. The Kier molecular flexibility index (Phi) is 5.35. The summed E-state index contributed by atoms with van der Waals surface area (Å²) >= 11 is 0. The lowest BCUT2D eigenvalue weighted by Gasteiger charge is -2.19. The van der Waals surface area contributed by atoms with E-state index in [0.29, 0.717) is 12.0 Å². The first-order chi connectivity index (χ1) is 14.6. The maximum Gasteiger partial charge on any atom is 0.328 e. The van der Waals surface area contributed by atoms with Crippen molar-refractivity contribution in [3.8, 4) is 5.75 Å². The second-order valence-electron chi connectivity index (χ2n) is 7.10. The van der Waals surface area contributed by atoms with Gasteiger partial charge in [-0.15, -0.1) is 0 Å². The SMILES string of the molecule is COC(=O)[C@@H](Cc1c2ccccc2cc2ccccc12)NC(=O)c1ccc(O)cc1. The molecule has 0 radical (unpaired) electrons. The molecule has 5 heteroatoms. The van der Waals surface area contributed by atoms with E-state index in [0.717, 1.165) is 27.1 Å². The smallest absolute Gasteiger partial charge is 0.328 e. The van der Waals surface area contributed by atoms with Crippen molar-refractivity contribution in [1.82, 2.24) is 5.32 Å². The predicted molar refractivity (Wildman–Crippen MR) is 117 cm³/mol. The van der Waals surface area contributed by atoms with Gasteiger partial charge in [-0.1, -0.05) is 48.5 Å². The van der Waals surface area contributed by atoms with E-state index in [1.165, 1.54) is 31.4 Å². The topological polar surface area (TPSA) is 75.6 Å². The number of esters is 1. The lowest BCUT2D eigenvalue weighted by Crippen LogP contribution is -2.43. The molecule has 0 bridgehead atoms. The molecule has 0 spiro atoms. The van der Waals surface area contributed by atoms with E-state index in [4.69, 9.17) is 4.74 Å². The van der Waals surface area contributed by atoms with Gasteiger partial charge in [0.2, 0.25) is 0 Å². The number of nitrogens with one attached hydrogen (secondary N) is 1. The first-order valence-corrected chi connectivity index (χ1v) is 9.64. The number of carbonyl (C=O) groups excluding carboxylic acids is 2. The zero-order valence-corrected chi connectivity index (χ0v) is 16.5. The maximum absolute atomic E-state index is 12.7. The van der Waals surface area contributed by atoms with Crippen LogP contribution in [-0.2, 0) is 16.0 Å². The number of fused-ring (bicyclic) bond motifs is 2. The van der Waals surface area contributed by atoms with Gasteiger partial charge in [0.1, 0.15) is 11.8 Å². The summed E-state index contributed by atoms with van der Waals surface area (Å²) in [6.07, 6.45) is 0.290. The Morgan fingerprint density at radius 3 is 2.03 bits per heavy atom. The number of phenolic OH excluding ortho intramolecular Hbond substituents is 1. The van der Waals surface area contributed by atoms with Gasteiger partial charge in [0.15, 0.2) is 0 Å². The summed E-state index contributed by atoms with van der Waals surface area (Å²) in [6.45, 7) is 0. The van der Waals surface area contributed by atoms with Gasteiger partial charge in [-0.3, -0.25) is 4.79 Å². The van der Waals surface area contributed by atoms with Gasteiger partial charge in [0.05, 0.1) is 7.11 Å². The fourth-order valence-electron chi connectivity index (χ4n) is 3.72. The number of benzene rings is 4. The monoisotopic (exact) mass is 399 g/mol. The quantitative estimate of drug-likeness (QED) is 0.389. The molecule has 0 saturated heterocycles. The van der Waals surface area contributed by atoms with E-state index in [-0.39, 0.29) is 5.75 Å². The molecule has 1 amide bonds. The Balaban J connectivity index is 1.74. The molecule has 30 heavy (non-hydrogen) atoms. The van der Waals surface area contributed by atoms with Crippen molar-refractivity contribution in [2.75, 3.05) is 7.11 Å². The normalized spacial score (nSPS) is 11.9. The minimum absolute atomic E-state index is 0.0679. The van der Waals surface area contributed by atoms with Gasteiger partial charge in [-0.25, -0.2) is 4.79 Å². The van der Waals surface area contributed by atoms with E-state index >= 15 is 0 Å². The molecule has 4 aromatic rings. The molecular weight excluding hydrogens is 378 g/mol. The summed E-state index contributed by atoms with van der Waals surface area (Å²) in [5.74, 6) is -0.854. The summed E-state index contributed by atoms with van der Waals surface area (Å²) < 4.78 is 4.97. The van der Waals surface area contributed by atoms with Gasteiger partial charge >= 0.3 is 5.97 Å². The van der Waals surface area contributed by atoms with Crippen LogP contribution in [0, 0.1) is 0 Å². The lowest BCUT2D eigenvalue weighted by atomic mass is 9.92. The Morgan fingerprint density at radius 1 is 0.900 bits per heavy atom. The first kappa shape index (κ1) is 19.5. The highest BCUT2D eigenvalue weighted by Crippen LogP contribution is 2.29. The van der Waals surface area contributed by atoms with Crippen LogP contribution in [0.15, 0.2) is 78.9 Å². The van der Waals surface area contributed by atoms with Crippen molar-refractivity contribution >= 4 is 33.4 Å². The van der Waals surface area contributed by atoms with E-state index < -0.39 is 17.9 Å². The molecule has 0 saturated carbocycles. The highest BCUT2D eigenvalue weighted by Gasteiger charge is 2.24. The van der Waals surface area contributed by atoms with E-state index in [1.807, 2.05) is 48.5 Å². The number of ether oxygens (including phenoxy) is 1. The van der Waals surface area contributed by atoms with Crippen molar-refractivity contribution < 1.29 is 19.4 Å². The molecule has 0 aromatic heterocycles. The fourth-order valence-corrected chi connectivity index (χ4v) is 3.72. The van der Waals surface area contributed by atoms with Gasteiger partial charge in [0.25, 0.3) is 5.91 Å². The Bertz CT molecular complexity index is 1180. The molecule has 0 aliphatic carbocycles. The summed E-state index contributed by atoms with van der Waals surface area (Å²) in [5, 5.41) is 16.4. The Labute approximate surface area is 173 Å². The zero-order chi connectivity index (χ0) is 21.1. The third-order valence-electron chi connectivity index (χ3n) is 5.21. The lowest BCUT2D eigenvalue weighted by molar-refractivity contribution is -0.142. The summed E-state index contributed by atoms with van der Waals surface area (Å²) in [6, 6.07) is 23.1. The standard InChI is InChI=1S/C25H21NO4/c1-30-25(29)23(26-24(28)16-10-12-19(27)13-11-16)15-22-20-8-4-2-6-17(20)14-18-7-3-5-9-21(18)22/h2-14,23,27H,15H2,1H3,(H,26,28)/t23-/m1/s1. The number of methoxy groups -OCH3 is 1. The van der Waals surface area contributed by atoms with Crippen LogP contribution < -0.4 is 5.32 Å². The number of aromatic hydroxyl groups is 1. The molecule has 1 atom stereocenters. The third-order valence-corrected chi connectivity index (χ3v) is 5.21. The zero-order valence-electron chi connectivity index (χ0n) is 16.5. The van der Waals surface area contributed by atoms with Crippen molar-refractivity contribution in [1.29, 1.82) is 0 Å². The van der Waals surface area contributed by atoms with Crippen molar-refractivity contribution in [2.24, 2.45) is 0 Å². The molecule has 0 aliphatic heterocycles. The molecule has 0 heterocycles. The predicted octanol–water partition coefficient (Wildman–Crippen LogP) is 4.21. The molecule has 4 aromatic carbocycles. The molecule has 0 aliphatic rings. The van der Waals surface area contributed by atoms with Gasteiger partial charge in [-0.05, 0) is 57.4 Å². The molecular formula is C25H21NO4. The van der Waals surface area contributed by atoms with Crippen LogP contribution in [0.2, 0.25) is 0 Å². The Morgan fingerprint density at radius 2 is 1.47 bits per heavy atom. The van der Waals surface area contributed by atoms with Gasteiger partial charge in [0, 0.05) is 12.0 Å². The minimum atomic E-state index is -0.856. The highest BCUT2D eigenvalue weighted by atomic mass is 16.5. The number of phenols is 1. The van der Waals surface area contributed by atoms with E-state index in [2.05, 4.69) is 11.4 Å². The number of rotatable bonds is 5. The summed E-state index contributed by atoms with van der Waals surface area (Å²) in [4.78, 5) is 25.2. The van der Waals surface area contributed by atoms with Crippen molar-refractivity contribution in [3.05, 3.63) is 90.0 Å². The molecule has 150 valence electrons. The number of hydrogen-bond acceptors (Lipinski definition) is 4. The molecule has 2 N–H and O–H groups in total. The number of amides is 1. The van der Waals surface area contributed by atoms with Crippen LogP contribution in [0.4, 0.5) is 0 Å². The molecule has 0 unspecified atom stereocenters. The molecule has 4 rings (SSSR count). The molecule has 5 nitrogen and oxygen atoms in total. The van der Waals surface area contributed by atoms with Gasteiger partial charge in [-0.2, -0.15) is 0 Å². The van der Waals surface area contributed by atoms with Crippen LogP contribution in [0.3, 0.4) is 0 Å². The first-order valence-electron chi connectivity index (χ1n) is 9.64. The number of carbonyl (C=O) groups is 2. The molecule has 0 fully saturated rings. The average molecular weight is 399 g/mol. The van der Waals surface area contributed by atoms with Crippen LogP contribution in [0.5, 0.6) is 5.75 Å². The van der Waals surface area contributed by atoms with Gasteiger partial charge < -0.3 is 15.2 Å². The Hall–Kier alpha value is -3.86. The summed E-state index contributed by atoms with van der Waals surface area (Å²) in [7, 11) is 1.31.